The van der Waals surface area contributed by atoms with Crippen LogP contribution in [0.15, 0.2) is 0 Å². The molecule has 0 aliphatic carbocycles. The number of terminal acetylenes is 1. The van der Waals surface area contributed by atoms with E-state index in [0.29, 0.717) is 4.08 Å². The first kappa shape index (κ1) is 14.1. The van der Waals surface area contributed by atoms with E-state index in [9.17, 15) is 0 Å². The Hall–Kier alpha value is 0.0600. The first-order chi connectivity index (χ1) is 7.77. The molecule has 1 saturated heterocycles. The molecule has 0 aromatic heterocycles. The summed E-state index contributed by atoms with van der Waals surface area (Å²) >= 11 is 4.30. The van der Waals surface area contributed by atoms with E-state index in [1.165, 1.54) is 43.6 Å². The molecule has 0 unspecified atom stereocenters. The molecule has 92 valence electrons. The van der Waals surface area contributed by atoms with E-state index in [1.54, 1.807) is 0 Å². The minimum atomic E-state index is 0.494. The van der Waals surface area contributed by atoms with Crippen LogP contribution in [-0.2, 0) is 4.74 Å². The second-order valence-corrected chi connectivity index (χ2v) is 7.77. The quantitative estimate of drug-likeness (QED) is 0.502. The Bertz CT molecular complexity index is 216. The van der Waals surface area contributed by atoms with Gasteiger partial charge < -0.3 is 4.74 Å². The maximum absolute atomic E-state index is 5.01. The van der Waals surface area contributed by atoms with Crippen molar-refractivity contribution >= 4 is 23.5 Å². The Morgan fingerprint density at radius 1 is 1.19 bits per heavy atom. The topological polar surface area (TPSA) is 9.23 Å². The minimum absolute atomic E-state index is 0.494. The second-order valence-electron chi connectivity index (χ2n) is 4.31. The van der Waals surface area contributed by atoms with E-state index in [2.05, 4.69) is 36.6 Å². The lowest BCUT2D eigenvalue weighted by Gasteiger charge is -2.32. The molecule has 1 rings (SSSR count). The fourth-order valence-electron chi connectivity index (χ4n) is 1.85. The molecule has 0 radical (unpaired) electrons. The van der Waals surface area contributed by atoms with Gasteiger partial charge in [0.2, 0.25) is 0 Å². The predicted molar refractivity (Wildman–Crippen MR) is 75.8 cm³/mol. The minimum Gasteiger partial charge on any atom is -0.447 e. The zero-order valence-electron chi connectivity index (χ0n) is 10.2. The monoisotopic (exact) mass is 258 g/mol. The molecule has 1 aliphatic heterocycles. The Morgan fingerprint density at radius 3 is 2.56 bits per heavy atom. The van der Waals surface area contributed by atoms with Crippen molar-refractivity contribution in [1.82, 2.24) is 0 Å². The van der Waals surface area contributed by atoms with Crippen LogP contribution in [0.5, 0.6) is 0 Å². The molecule has 0 amide bonds. The summed E-state index contributed by atoms with van der Waals surface area (Å²) in [7, 11) is 0. The maximum Gasteiger partial charge on any atom is 0.106 e. The van der Waals surface area contributed by atoms with Crippen LogP contribution < -0.4 is 0 Å². The third-order valence-electron chi connectivity index (χ3n) is 2.81. The molecule has 3 heteroatoms. The average molecular weight is 258 g/mol. The van der Waals surface area contributed by atoms with Gasteiger partial charge >= 0.3 is 0 Å². The van der Waals surface area contributed by atoms with E-state index in [4.69, 9.17) is 11.2 Å². The number of rotatable bonds is 7. The molecular weight excluding hydrogens is 236 g/mol. The zero-order chi connectivity index (χ0) is 11.7. The van der Waals surface area contributed by atoms with Crippen LogP contribution in [0.4, 0.5) is 0 Å². The number of ether oxygens (including phenoxy) is 1. The van der Waals surface area contributed by atoms with Crippen molar-refractivity contribution < 1.29 is 4.74 Å². The Balaban J connectivity index is 1.96. The highest BCUT2D eigenvalue weighted by Crippen LogP contribution is 2.45. The van der Waals surface area contributed by atoms with Crippen molar-refractivity contribution in [3.8, 4) is 12.5 Å². The van der Waals surface area contributed by atoms with Crippen LogP contribution in [0.2, 0.25) is 0 Å². The molecule has 0 bridgehead atoms. The van der Waals surface area contributed by atoms with Gasteiger partial charge in [-0.15, -0.1) is 23.5 Å². The summed E-state index contributed by atoms with van der Waals surface area (Å²) < 4.78 is 5.36. The highest BCUT2D eigenvalue weighted by Gasteiger charge is 2.27. The van der Waals surface area contributed by atoms with Crippen LogP contribution in [0.3, 0.4) is 0 Å². The summed E-state index contributed by atoms with van der Waals surface area (Å²) in [6, 6.07) is 0. The molecule has 1 nitrogen and oxygen atoms in total. The van der Waals surface area contributed by atoms with Crippen LogP contribution >= 0.6 is 23.5 Å². The number of hydrogen-bond donors (Lipinski definition) is 0. The molecule has 1 aliphatic rings. The highest BCUT2D eigenvalue weighted by molar-refractivity contribution is 8.18. The molecule has 0 atom stereocenters. The summed E-state index contributed by atoms with van der Waals surface area (Å²) in [6.07, 6.45) is 14.9. The van der Waals surface area contributed by atoms with Gasteiger partial charge in [0.1, 0.15) is 12.7 Å². The summed E-state index contributed by atoms with van der Waals surface area (Å²) in [5, 5.41) is 0. The third-order valence-corrected chi connectivity index (χ3v) is 6.14. The fourth-order valence-corrected chi connectivity index (χ4v) is 4.89. The Labute approximate surface area is 108 Å². The van der Waals surface area contributed by atoms with E-state index in [1.807, 2.05) is 0 Å². The van der Waals surface area contributed by atoms with Crippen molar-refractivity contribution in [2.24, 2.45) is 0 Å². The number of unbranched alkanes of at least 4 members (excludes halogenated alkanes) is 3. The largest absolute Gasteiger partial charge is 0.447 e. The molecule has 1 heterocycles. The second kappa shape index (κ2) is 8.20. The highest BCUT2D eigenvalue weighted by atomic mass is 32.2. The fraction of sp³-hybridized carbons (Fsp3) is 0.846. The van der Waals surface area contributed by atoms with Gasteiger partial charge in [-0.2, -0.15) is 0 Å². The molecule has 0 saturated carbocycles. The average Bonchev–Trinajstić information content (AvgIpc) is 2.29. The van der Waals surface area contributed by atoms with Gasteiger partial charge in [0.25, 0.3) is 0 Å². The number of hydrogen-bond acceptors (Lipinski definition) is 3. The van der Waals surface area contributed by atoms with E-state index < -0.39 is 0 Å². The van der Waals surface area contributed by atoms with Gasteiger partial charge in [-0.1, -0.05) is 25.7 Å². The van der Waals surface area contributed by atoms with Crippen molar-refractivity contribution in [3.05, 3.63) is 0 Å². The standard InChI is InChI=1S/C13H22OS2/c1-3-14-10-7-5-4-6-9-13(2)15-11-8-12-16-13/h1H,4-12H2,2H3. The molecular formula is C13H22OS2. The zero-order valence-corrected chi connectivity index (χ0v) is 11.8. The lowest BCUT2D eigenvalue weighted by Crippen LogP contribution is -2.20. The molecule has 0 aromatic carbocycles. The van der Waals surface area contributed by atoms with E-state index in [0.717, 1.165) is 13.0 Å². The van der Waals surface area contributed by atoms with Crippen molar-refractivity contribution in [3.63, 3.8) is 0 Å². The van der Waals surface area contributed by atoms with Crippen molar-refractivity contribution in [2.75, 3.05) is 18.1 Å². The van der Waals surface area contributed by atoms with Gasteiger partial charge in [0, 0.05) is 0 Å². The van der Waals surface area contributed by atoms with Gasteiger partial charge in [-0.3, -0.25) is 0 Å². The van der Waals surface area contributed by atoms with Gasteiger partial charge in [0.05, 0.1) is 4.08 Å². The first-order valence-electron chi connectivity index (χ1n) is 6.12. The Kier molecular flexibility index (Phi) is 7.23. The Morgan fingerprint density at radius 2 is 1.88 bits per heavy atom. The smallest absolute Gasteiger partial charge is 0.106 e. The number of thioether (sulfide) groups is 2. The van der Waals surface area contributed by atoms with Crippen LogP contribution in [0.1, 0.15) is 45.4 Å². The van der Waals surface area contributed by atoms with Gasteiger partial charge in [-0.25, -0.2) is 0 Å². The van der Waals surface area contributed by atoms with Crippen molar-refractivity contribution in [1.29, 1.82) is 0 Å². The summed E-state index contributed by atoms with van der Waals surface area (Å²) in [5.74, 6) is 2.69. The molecule has 1 fully saturated rings. The molecule has 16 heavy (non-hydrogen) atoms. The predicted octanol–water partition coefficient (Wildman–Crippen LogP) is 4.13. The SMILES string of the molecule is C#COCCCCCCC1(C)SCCCS1. The van der Waals surface area contributed by atoms with Gasteiger partial charge in [-0.05, 0) is 37.7 Å². The lowest BCUT2D eigenvalue weighted by atomic mass is 10.1. The van der Waals surface area contributed by atoms with Crippen LogP contribution in [0, 0.1) is 12.5 Å². The summed E-state index contributed by atoms with van der Waals surface area (Å²) in [6.45, 7) is 3.13. The molecule has 0 N–H and O–H groups in total. The summed E-state index contributed by atoms with van der Waals surface area (Å²) in [5.41, 5.74) is 0. The van der Waals surface area contributed by atoms with Crippen molar-refractivity contribution in [2.45, 2.75) is 49.5 Å². The summed E-state index contributed by atoms with van der Waals surface area (Å²) in [4.78, 5) is 0. The van der Waals surface area contributed by atoms with Crippen LogP contribution in [-0.4, -0.2) is 22.2 Å². The third kappa shape index (κ3) is 5.96. The van der Waals surface area contributed by atoms with E-state index >= 15 is 0 Å². The van der Waals surface area contributed by atoms with Crippen LogP contribution in [0.25, 0.3) is 0 Å². The first-order valence-corrected chi connectivity index (χ1v) is 8.09. The normalized spacial score (nSPS) is 19.0. The van der Waals surface area contributed by atoms with Gasteiger partial charge in [0.15, 0.2) is 0 Å². The lowest BCUT2D eigenvalue weighted by molar-refractivity contribution is 0.267. The molecule has 0 aromatic rings. The maximum atomic E-state index is 5.01. The molecule has 0 spiro atoms. The van der Waals surface area contributed by atoms with E-state index in [-0.39, 0.29) is 0 Å².